The Balaban J connectivity index is 0.000000182. The van der Waals surface area contributed by atoms with E-state index in [0.717, 1.165) is 45.1 Å². The van der Waals surface area contributed by atoms with Crippen molar-refractivity contribution in [2.24, 2.45) is 22.7 Å². The number of hydrogen-bond acceptors (Lipinski definition) is 18. The SMILES string of the molecule is CC1(CCOc2ccn(-c3ccc(C(=O)NS(=O)(=O)c4cccc(NCCC5CNC(C)(C)C5)n4)c(Cl)n3)n2)CC1.CC1(CCOc2ccn(-c3ccc4c(n3)N3CC(CCNc5cccc(n5)S(=O)(=O)NC4=O)CC3(C)C)n2)CC1. The smallest absolute Gasteiger partial charge is 0.281 e. The van der Waals surface area contributed by atoms with Crippen LogP contribution >= 0.6 is 11.6 Å². The van der Waals surface area contributed by atoms with Gasteiger partial charge in [-0.2, -0.15) is 16.8 Å². The van der Waals surface area contributed by atoms with E-state index in [9.17, 15) is 26.4 Å². The Morgan fingerprint density at radius 1 is 0.802 bits per heavy atom. The van der Waals surface area contributed by atoms with Gasteiger partial charge in [-0.15, -0.1) is 10.2 Å². The summed E-state index contributed by atoms with van der Waals surface area (Å²) in [5.74, 6) is 2.34. The van der Waals surface area contributed by atoms with Crippen LogP contribution in [0.4, 0.5) is 17.5 Å². The maximum absolute atomic E-state index is 13.5. The second-order valence-electron chi connectivity index (χ2n) is 23.9. The van der Waals surface area contributed by atoms with E-state index >= 15 is 0 Å². The number of pyridine rings is 4. The summed E-state index contributed by atoms with van der Waals surface area (Å²) in [5.41, 5.74) is 0.700. The molecule has 0 spiro atoms. The predicted octanol–water partition coefficient (Wildman–Crippen LogP) is 7.96. The molecule has 11 rings (SSSR count). The lowest BCUT2D eigenvalue weighted by Gasteiger charge is -2.34. The summed E-state index contributed by atoms with van der Waals surface area (Å²) < 4.78 is 71.1. The number of carbonyl (C=O) groups is 2. The van der Waals surface area contributed by atoms with Gasteiger partial charge in [0.15, 0.2) is 21.7 Å². The highest BCUT2D eigenvalue weighted by Crippen LogP contribution is 2.49. The fourth-order valence-corrected chi connectivity index (χ4v) is 12.6. The summed E-state index contributed by atoms with van der Waals surface area (Å²) in [6.07, 6.45) is 14.1. The minimum atomic E-state index is -4.26. The normalized spacial score (nSPS) is 20.7. The van der Waals surface area contributed by atoms with Crippen LogP contribution in [0, 0.1) is 22.7 Å². The second-order valence-corrected chi connectivity index (χ2v) is 27.5. The molecule has 2 saturated heterocycles. The average Bonchev–Trinajstić information content (AvgIpc) is 4.07. The number of nitrogens with zero attached hydrogens (tertiary/aromatic N) is 9. The van der Waals surface area contributed by atoms with Gasteiger partial charge >= 0.3 is 0 Å². The summed E-state index contributed by atoms with van der Waals surface area (Å²) in [5, 5.41) is 18.1. The third-order valence-electron chi connectivity index (χ3n) is 16.0. The molecule has 0 aromatic carbocycles. The lowest BCUT2D eigenvalue weighted by atomic mass is 9.94. The number of hydrogen-bond donors (Lipinski definition) is 5. The first kappa shape index (κ1) is 57.3. The molecule has 0 radical (unpaired) electrons. The van der Waals surface area contributed by atoms with Gasteiger partial charge in [-0.25, -0.2) is 38.7 Å². The molecule has 5 aliphatic rings. The van der Waals surface area contributed by atoms with E-state index in [1.54, 1.807) is 65.6 Å². The Bertz CT molecular complexity index is 3530. The van der Waals surface area contributed by atoms with Gasteiger partial charge in [0.05, 0.1) is 24.3 Å². The van der Waals surface area contributed by atoms with Crippen molar-refractivity contribution < 1.29 is 35.9 Å². The Morgan fingerprint density at radius 3 is 2.10 bits per heavy atom. The zero-order valence-electron chi connectivity index (χ0n) is 46.5. The standard InChI is InChI=1S/C28H36ClN7O4S.C28H35N7O4S/c1-27(2)17-19(18-31-27)9-14-30-21-5-4-6-24(32-21)41(38,39)35-26(37)20-7-8-22(33-25(20)29)36-15-10-23(34-36)40-16-13-28(3)11-12-28;1-27(2)17-19-9-14-29-21-5-4-6-24(30-21)40(37,38)33-26(36)20-7-8-22(31-25(20)34(27)18-19)35-15-10-23(32-35)39-16-13-28(3)11-12-28/h4-8,10,15,19,31H,9,11-14,16-18H2,1-3H3,(H,30,32)(H,35,37);4-8,10,15,19H,9,11-14,16-18H2,1-3H3,(H,29,30)(H,33,36). The first-order chi connectivity index (χ1) is 38.4. The van der Waals surface area contributed by atoms with E-state index in [2.05, 4.69) is 92.3 Å². The summed E-state index contributed by atoms with van der Waals surface area (Å²) in [7, 11) is -8.47. The number of halogens is 1. The van der Waals surface area contributed by atoms with Crippen LogP contribution in [0.5, 0.6) is 11.8 Å². The van der Waals surface area contributed by atoms with Gasteiger partial charge in [0.1, 0.15) is 22.6 Å². The first-order valence-electron chi connectivity index (χ1n) is 27.6. The van der Waals surface area contributed by atoms with Crippen LogP contribution in [-0.2, 0) is 20.0 Å². The molecular formula is C56H71ClN14O8S2. The van der Waals surface area contributed by atoms with Crippen LogP contribution in [0.2, 0.25) is 5.15 Å². The molecule has 2 atom stereocenters. The number of sulfonamides is 2. The van der Waals surface area contributed by atoms with Crippen LogP contribution in [0.25, 0.3) is 11.6 Å². The largest absolute Gasteiger partial charge is 0.477 e. The second kappa shape index (κ2) is 22.8. The molecule has 6 aromatic rings. The fraction of sp³-hybridized carbons (Fsp3) is 0.500. The van der Waals surface area contributed by atoms with E-state index in [0.29, 0.717) is 96.4 Å². The zero-order chi connectivity index (χ0) is 57.4. The van der Waals surface area contributed by atoms with Gasteiger partial charge in [0.2, 0.25) is 11.8 Å². The summed E-state index contributed by atoms with van der Waals surface area (Å²) in [4.78, 5) is 46.0. The Morgan fingerprint density at radius 2 is 1.46 bits per heavy atom. The topological polar surface area (TPSA) is 271 Å². The van der Waals surface area contributed by atoms with Gasteiger partial charge in [-0.1, -0.05) is 37.6 Å². The third-order valence-corrected chi connectivity index (χ3v) is 18.7. The molecule has 4 bridgehead atoms. The molecule has 2 unspecified atom stereocenters. The average molecular weight is 1170 g/mol. The molecule has 5 N–H and O–H groups in total. The van der Waals surface area contributed by atoms with Crippen molar-refractivity contribution in [1.82, 2.24) is 54.3 Å². The minimum absolute atomic E-state index is 0.0947. The van der Waals surface area contributed by atoms with Gasteiger partial charge < -0.3 is 30.3 Å². The zero-order valence-corrected chi connectivity index (χ0v) is 48.9. The summed E-state index contributed by atoms with van der Waals surface area (Å²) in [6.45, 7) is 17.2. The maximum atomic E-state index is 13.5. The number of carbonyl (C=O) groups excluding carboxylic acids is 2. The fourth-order valence-electron chi connectivity index (χ4n) is 10.5. The number of aromatic nitrogens is 8. The molecule has 2 saturated carbocycles. The van der Waals surface area contributed by atoms with Crippen molar-refractivity contribution >= 4 is 60.9 Å². The van der Waals surface area contributed by atoms with Crippen LogP contribution in [0.3, 0.4) is 0 Å². The van der Waals surface area contributed by atoms with Crippen molar-refractivity contribution in [3.8, 4) is 23.4 Å². The van der Waals surface area contributed by atoms with Crippen molar-refractivity contribution in [2.45, 2.75) is 127 Å². The van der Waals surface area contributed by atoms with E-state index in [-0.39, 0.29) is 37.4 Å². The first-order valence-corrected chi connectivity index (χ1v) is 30.9. The summed E-state index contributed by atoms with van der Waals surface area (Å²) >= 11 is 6.28. The molecule has 9 heterocycles. The molecule has 81 heavy (non-hydrogen) atoms. The van der Waals surface area contributed by atoms with Crippen LogP contribution in [-0.4, -0.2) is 119 Å². The number of nitrogens with one attached hydrogen (secondary N) is 5. The van der Waals surface area contributed by atoms with Crippen molar-refractivity contribution in [3.05, 3.63) is 101 Å². The number of amides is 2. The Hall–Kier alpha value is -6.89. The highest BCUT2D eigenvalue weighted by molar-refractivity contribution is 7.90. The molecule has 2 aliphatic carbocycles. The van der Waals surface area contributed by atoms with E-state index in [1.165, 1.54) is 54.6 Å². The molecular weight excluding hydrogens is 1100 g/mol. The highest BCUT2D eigenvalue weighted by Gasteiger charge is 2.42. The Kier molecular flexibility index (Phi) is 16.1. The van der Waals surface area contributed by atoms with E-state index < -0.39 is 31.9 Å². The number of rotatable bonds is 17. The molecule has 3 aliphatic heterocycles. The third kappa shape index (κ3) is 14.2. The van der Waals surface area contributed by atoms with Crippen LogP contribution in [0.15, 0.2) is 95.2 Å². The van der Waals surface area contributed by atoms with Gasteiger partial charge in [0, 0.05) is 55.2 Å². The van der Waals surface area contributed by atoms with Gasteiger partial charge in [-0.3, -0.25) is 9.59 Å². The van der Waals surface area contributed by atoms with Crippen LogP contribution < -0.4 is 39.8 Å². The van der Waals surface area contributed by atoms with Gasteiger partial charge in [0.25, 0.3) is 31.9 Å². The van der Waals surface area contributed by atoms with E-state index in [1.807, 2.05) is 4.72 Å². The maximum Gasteiger partial charge on any atom is 0.281 e. The van der Waals surface area contributed by atoms with Crippen molar-refractivity contribution in [1.29, 1.82) is 0 Å². The predicted molar refractivity (Wildman–Crippen MR) is 306 cm³/mol. The molecule has 6 aromatic heterocycles. The molecule has 2 amide bonds. The molecule has 4 fully saturated rings. The van der Waals surface area contributed by atoms with Crippen LogP contribution in [0.1, 0.15) is 126 Å². The minimum Gasteiger partial charge on any atom is -0.477 e. The van der Waals surface area contributed by atoms with E-state index in [4.69, 9.17) is 26.1 Å². The van der Waals surface area contributed by atoms with Crippen molar-refractivity contribution in [3.63, 3.8) is 0 Å². The molecule has 22 nitrogen and oxygen atoms in total. The lowest BCUT2D eigenvalue weighted by Crippen LogP contribution is -2.41. The number of ether oxygens (including phenoxy) is 2. The summed E-state index contributed by atoms with van der Waals surface area (Å²) in [6, 6.07) is 19.0. The monoisotopic (exact) mass is 1170 g/mol. The lowest BCUT2D eigenvalue weighted by molar-refractivity contribution is 0.0972. The molecule has 25 heteroatoms. The Labute approximate surface area is 478 Å². The number of fused-ring (bicyclic) bond motifs is 6. The van der Waals surface area contributed by atoms with Crippen molar-refractivity contribution in [2.75, 3.05) is 54.9 Å². The number of anilines is 3. The molecule has 432 valence electrons. The van der Waals surface area contributed by atoms with Gasteiger partial charge in [-0.05, 0) is 170 Å². The quantitative estimate of drug-likeness (QED) is 0.0542. The highest BCUT2D eigenvalue weighted by atomic mass is 35.5.